The molecule has 1 aliphatic rings. The van der Waals surface area contributed by atoms with Crippen molar-refractivity contribution in [2.75, 3.05) is 5.88 Å². The van der Waals surface area contributed by atoms with Gasteiger partial charge in [-0.15, -0.1) is 11.6 Å². The van der Waals surface area contributed by atoms with Gasteiger partial charge in [0.05, 0.1) is 0 Å². The fourth-order valence-electron chi connectivity index (χ4n) is 3.76. The zero-order valence-corrected chi connectivity index (χ0v) is 14.9. The first-order chi connectivity index (χ1) is 10.1. The summed E-state index contributed by atoms with van der Waals surface area (Å²) in [6, 6.07) is 2.55. The van der Waals surface area contributed by atoms with Gasteiger partial charge in [-0.25, -0.2) is 9.97 Å². The molecule has 0 saturated heterocycles. The number of fused-ring (bicyclic) bond motifs is 1. The van der Waals surface area contributed by atoms with Gasteiger partial charge in [0, 0.05) is 29.0 Å². The molecule has 2 aromatic rings. The van der Waals surface area contributed by atoms with E-state index in [1.165, 1.54) is 19.3 Å². The summed E-state index contributed by atoms with van der Waals surface area (Å²) >= 11 is 9.46. The first-order valence-corrected chi connectivity index (χ1v) is 8.99. The number of aryl methyl sites for hydroxylation is 1. The maximum Gasteiger partial charge on any atom is 0.160 e. The normalized spacial score (nSPS) is 26.4. The lowest BCUT2D eigenvalue weighted by atomic mass is 9.80. The fourth-order valence-corrected chi connectivity index (χ4v) is 4.25. The van der Waals surface area contributed by atoms with Crippen molar-refractivity contribution < 1.29 is 0 Å². The molecule has 3 nitrogen and oxygen atoms in total. The Kier molecular flexibility index (Phi) is 4.55. The van der Waals surface area contributed by atoms with E-state index in [2.05, 4.69) is 39.3 Å². The lowest BCUT2D eigenvalue weighted by Crippen LogP contribution is -2.24. The monoisotopic (exact) mass is 369 g/mol. The molecule has 0 spiro atoms. The molecule has 1 saturated carbocycles. The van der Waals surface area contributed by atoms with Crippen LogP contribution in [0.4, 0.5) is 0 Å². The highest BCUT2D eigenvalue weighted by Crippen LogP contribution is 2.38. The van der Waals surface area contributed by atoms with Crippen molar-refractivity contribution in [2.45, 2.75) is 45.6 Å². The first kappa shape index (κ1) is 15.3. The zero-order chi connectivity index (χ0) is 15.0. The minimum Gasteiger partial charge on any atom is -0.310 e. The van der Waals surface area contributed by atoms with E-state index in [0.29, 0.717) is 11.9 Å². The number of pyridine rings is 1. The Morgan fingerprint density at radius 1 is 1.29 bits per heavy atom. The van der Waals surface area contributed by atoms with E-state index in [4.69, 9.17) is 16.6 Å². The van der Waals surface area contributed by atoms with E-state index in [1.807, 2.05) is 12.3 Å². The number of aromatic nitrogens is 3. The lowest BCUT2D eigenvalue weighted by molar-refractivity contribution is 0.221. The third-order valence-corrected chi connectivity index (χ3v) is 5.03. The summed E-state index contributed by atoms with van der Waals surface area (Å²) in [5.41, 5.74) is 1.97. The molecular weight excluding hydrogens is 350 g/mol. The largest absolute Gasteiger partial charge is 0.310 e. The Morgan fingerprint density at radius 3 is 2.67 bits per heavy atom. The second kappa shape index (κ2) is 6.25. The summed E-state index contributed by atoms with van der Waals surface area (Å²) in [7, 11) is 0. The van der Waals surface area contributed by atoms with Crippen LogP contribution in [-0.2, 0) is 6.42 Å². The van der Waals surface area contributed by atoms with Crippen molar-refractivity contribution in [1.82, 2.24) is 14.5 Å². The summed E-state index contributed by atoms with van der Waals surface area (Å²) in [4.78, 5) is 9.39. The summed E-state index contributed by atoms with van der Waals surface area (Å²) < 4.78 is 3.33. The molecule has 1 fully saturated rings. The lowest BCUT2D eigenvalue weighted by Gasteiger charge is -2.33. The third kappa shape index (κ3) is 3.11. The molecule has 2 heterocycles. The highest BCUT2D eigenvalue weighted by molar-refractivity contribution is 9.10. The summed E-state index contributed by atoms with van der Waals surface area (Å²) in [5, 5.41) is 0. The molecule has 0 amide bonds. The first-order valence-electron chi connectivity index (χ1n) is 7.66. The van der Waals surface area contributed by atoms with Gasteiger partial charge < -0.3 is 4.57 Å². The van der Waals surface area contributed by atoms with Gasteiger partial charge >= 0.3 is 0 Å². The number of alkyl halides is 1. The molecule has 1 aliphatic carbocycles. The minimum absolute atomic E-state index is 0.501. The van der Waals surface area contributed by atoms with Gasteiger partial charge in [-0.2, -0.15) is 0 Å². The van der Waals surface area contributed by atoms with Crippen LogP contribution in [0.15, 0.2) is 16.7 Å². The van der Waals surface area contributed by atoms with E-state index < -0.39 is 0 Å². The van der Waals surface area contributed by atoms with Gasteiger partial charge in [-0.1, -0.05) is 13.8 Å². The fraction of sp³-hybridized carbons (Fsp3) is 0.625. The Hall–Kier alpha value is -0.610. The van der Waals surface area contributed by atoms with Crippen LogP contribution in [0.2, 0.25) is 0 Å². The van der Waals surface area contributed by atoms with E-state index in [1.54, 1.807) is 0 Å². The molecule has 2 atom stereocenters. The van der Waals surface area contributed by atoms with E-state index in [-0.39, 0.29) is 0 Å². The van der Waals surface area contributed by atoms with Crippen molar-refractivity contribution >= 4 is 38.7 Å². The van der Waals surface area contributed by atoms with Crippen LogP contribution in [0.5, 0.6) is 0 Å². The third-order valence-electron chi connectivity index (χ3n) is 4.41. The molecule has 5 heteroatoms. The van der Waals surface area contributed by atoms with Gasteiger partial charge in [0.1, 0.15) is 11.3 Å². The Labute approximate surface area is 139 Å². The van der Waals surface area contributed by atoms with Crippen molar-refractivity contribution in [3.63, 3.8) is 0 Å². The number of nitrogens with zero attached hydrogens (tertiary/aromatic N) is 3. The number of hydrogen-bond acceptors (Lipinski definition) is 2. The molecular formula is C16H21BrClN3. The second-order valence-electron chi connectivity index (χ2n) is 6.40. The number of imidazole rings is 1. The number of rotatable bonds is 3. The molecule has 114 valence electrons. The van der Waals surface area contributed by atoms with Crippen molar-refractivity contribution in [3.8, 4) is 0 Å². The van der Waals surface area contributed by atoms with Crippen LogP contribution in [-0.4, -0.2) is 20.4 Å². The van der Waals surface area contributed by atoms with E-state index >= 15 is 0 Å². The predicted molar refractivity (Wildman–Crippen MR) is 90.9 cm³/mol. The SMILES string of the molecule is CC1CC(C)CC(n2c(CCCl)nc3cc(Br)cnc32)C1. The maximum absolute atomic E-state index is 5.98. The molecule has 0 radical (unpaired) electrons. The van der Waals surface area contributed by atoms with Crippen LogP contribution >= 0.6 is 27.5 Å². The summed E-state index contributed by atoms with van der Waals surface area (Å²) in [5.74, 6) is 3.20. The molecule has 0 aliphatic heterocycles. The van der Waals surface area contributed by atoms with E-state index in [0.717, 1.165) is 39.7 Å². The van der Waals surface area contributed by atoms with Gasteiger partial charge in [0.25, 0.3) is 0 Å². The number of hydrogen-bond donors (Lipinski definition) is 0. The second-order valence-corrected chi connectivity index (χ2v) is 7.70. The molecule has 3 rings (SSSR count). The molecule has 21 heavy (non-hydrogen) atoms. The Bertz CT molecular complexity index is 630. The quantitative estimate of drug-likeness (QED) is 0.714. The van der Waals surface area contributed by atoms with Crippen LogP contribution in [0.1, 0.15) is 45.0 Å². The molecule has 2 aromatic heterocycles. The number of halogens is 2. The van der Waals surface area contributed by atoms with Crippen LogP contribution < -0.4 is 0 Å². The highest BCUT2D eigenvalue weighted by Gasteiger charge is 2.28. The van der Waals surface area contributed by atoms with Crippen molar-refractivity contribution in [2.24, 2.45) is 11.8 Å². The Balaban J connectivity index is 2.08. The average molecular weight is 371 g/mol. The maximum atomic E-state index is 5.98. The zero-order valence-electron chi connectivity index (χ0n) is 12.5. The van der Waals surface area contributed by atoms with E-state index in [9.17, 15) is 0 Å². The van der Waals surface area contributed by atoms with Crippen LogP contribution in [0.3, 0.4) is 0 Å². The molecule has 2 unspecified atom stereocenters. The minimum atomic E-state index is 0.501. The van der Waals surface area contributed by atoms with Gasteiger partial charge in [0.15, 0.2) is 5.65 Å². The van der Waals surface area contributed by atoms with Gasteiger partial charge in [-0.05, 0) is 53.1 Å². The smallest absolute Gasteiger partial charge is 0.160 e. The van der Waals surface area contributed by atoms with Crippen molar-refractivity contribution in [1.29, 1.82) is 0 Å². The van der Waals surface area contributed by atoms with Gasteiger partial charge in [0.2, 0.25) is 0 Å². The topological polar surface area (TPSA) is 30.7 Å². The summed E-state index contributed by atoms with van der Waals surface area (Å²) in [6.07, 6.45) is 6.41. The molecule has 0 bridgehead atoms. The molecule has 0 N–H and O–H groups in total. The van der Waals surface area contributed by atoms with Gasteiger partial charge in [-0.3, -0.25) is 0 Å². The van der Waals surface area contributed by atoms with Crippen molar-refractivity contribution in [3.05, 3.63) is 22.6 Å². The van der Waals surface area contributed by atoms with Crippen LogP contribution in [0.25, 0.3) is 11.2 Å². The highest BCUT2D eigenvalue weighted by atomic mass is 79.9. The predicted octanol–water partition coefficient (Wildman–Crippen LogP) is 4.97. The standard InChI is InChI=1S/C16H21BrClN3/c1-10-5-11(2)7-13(6-10)21-15(3-4-18)20-14-8-12(17)9-19-16(14)21/h8-11,13H,3-7H2,1-2H3. The molecule has 0 aromatic carbocycles. The summed E-state index contributed by atoms with van der Waals surface area (Å²) in [6.45, 7) is 4.71. The average Bonchev–Trinajstić information content (AvgIpc) is 2.75. The van der Waals surface area contributed by atoms with Crippen LogP contribution in [0, 0.1) is 11.8 Å². The Morgan fingerprint density at radius 2 is 2.00 bits per heavy atom.